The van der Waals surface area contributed by atoms with Crippen LogP contribution in [0.15, 0.2) is 22.7 Å². The second-order valence-electron chi connectivity index (χ2n) is 6.00. The van der Waals surface area contributed by atoms with Crippen molar-refractivity contribution in [2.45, 2.75) is 52.2 Å². The molecule has 0 amide bonds. The Morgan fingerprint density at radius 2 is 2.00 bits per heavy atom. The molecule has 1 N–H and O–H groups in total. The molecule has 0 spiro atoms. The van der Waals surface area contributed by atoms with Crippen molar-refractivity contribution in [3.8, 4) is 0 Å². The first-order valence-electron chi connectivity index (χ1n) is 7.23. The molecule has 0 saturated heterocycles. The van der Waals surface area contributed by atoms with E-state index >= 15 is 0 Å². The molecule has 0 aliphatic heterocycles. The van der Waals surface area contributed by atoms with Crippen LogP contribution < -0.4 is 10.2 Å². The van der Waals surface area contributed by atoms with E-state index in [1.165, 1.54) is 24.1 Å². The summed E-state index contributed by atoms with van der Waals surface area (Å²) in [6.45, 7) is 7.65. The predicted octanol–water partition coefficient (Wildman–Crippen LogP) is 4.18. The van der Waals surface area contributed by atoms with E-state index in [0.29, 0.717) is 12.1 Å². The Morgan fingerprint density at radius 3 is 2.58 bits per heavy atom. The summed E-state index contributed by atoms with van der Waals surface area (Å²) in [7, 11) is 2.23. The van der Waals surface area contributed by atoms with Crippen LogP contribution in [0.3, 0.4) is 0 Å². The van der Waals surface area contributed by atoms with Gasteiger partial charge in [-0.3, -0.25) is 0 Å². The molecule has 1 unspecified atom stereocenters. The largest absolute Gasteiger partial charge is 0.371 e. The molecular formula is C16H25BrN2. The van der Waals surface area contributed by atoms with Crippen LogP contribution in [-0.2, 0) is 6.54 Å². The third-order valence-electron chi connectivity index (χ3n) is 4.04. The van der Waals surface area contributed by atoms with E-state index in [-0.39, 0.29) is 0 Å². The fourth-order valence-electron chi connectivity index (χ4n) is 2.47. The Hall–Kier alpha value is -0.540. The zero-order chi connectivity index (χ0) is 14.0. The lowest BCUT2D eigenvalue weighted by Crippen LogP contribution is -2.32. The molecular weight excluding hydrogens is 300 g/mol. The minimum Gasteiger partial charge on any atom is -0.371 e. The molecule has 1 saturated carbocycles. The summed E-state index contributed by atoms with van der Waals surface area (Å²) in [5.41, 5.74) is 2.73. The van der Waals surface area contributed by atoms with Crippen LogP contribution >= 0.6 is 15.9 Å². The SMILES string of the molecule is CC(C)NCc1cc(Br)ccc1N(C)C(C)C1CC1. The summed E-state index contributed by atoms with van der Waals surface area (Å²) >= 11 is 3.58. The van der Waals surface area contributed by atoms with E-state index in [9.17, 15) is 0 Å². The van der Waals surface area contributed by atoms with Crippen LogP contribution in [0, 0.1) is 5.92 Å². The standard InChI is InChI=1S/C16H25BrN2/c1-11(2)18-10-14-9-15(17)7-8-16(14)19(4)12(3)13-5-6-13/h7-9,11-13,18H,5-6,10H2,1-4H3. The molecule has 1 atom stereocenters. The van der Waals surface area contributed by atoms with Crippen molar-refractivity contribution in [1.29, 1.82) is 0 Å². The Bertz CT molecular complexity index is 427. The number of halogens is 1. The van der Waals surface area contributed by atoms with Crippen LogP contribution in [0.5, 0.6) is 0 Å². The molecule has 0 radical (unpaired) electrons. The number of benzene rings is 1. The lowest BCUT2D eigenvalue weighted by atomic mass is 10.1. The highest BCUT2D eigenvalue weighted by atomic mass is 79.9. The van der Waals surface area contributed by atoms with Gasteiger partial charge in [0, 0.05) is 35.8 Å². The highest BCUT2D eigenvalue weighted by molar-refractivity contribution is 9.10. The van der Waals surface area contributed by atoms with Gasteiger partial charge in [0.2, 0.25) is 0 Å². The normalized spacial score (nSPS) is 16.7. The summed E-state index contributed by atoms with van der Waals surface area (Å²) in [5.74, 6) is 0.888. The van der Waals surface area contributed by atoms with Crippen LogP contribution in [0.4, 0.5) is 5.69 Å². The lowest BCUT2D eigenvalue weighted by Gasteiger charge is -2.29. The Labute approximate surface area is 125 Å². The molecule has 106 valence electrons. The van der Waals surface area contributed by atoms with Crippen LogP contribution in [0.2, 0.25) is 0 Å². The molecule has 1 aromatic rings. The third-order valence-corrected chi connectivity index (χ3v) is 4.53. The summed E-state index contributed by atoms with van der Waals surface area (Å²) in [4.78, 5) is 2.45. The monoisotopic (exact) mass is 324 g/mol. The van der Waals surface area contributed by atoms with Crippen LogP contribution in [-0.4, -0.2) is 19.1 Å². The van der Waals surface area contributed by atoms with Gasteiger partial charge >= 0.3 is 0 Å². The van der Waals surface area contributed by atoms with Gasteiger partial charge in [-0.25, -0.2) is 0 Å². The topological polar surface area (TPSA) is 15.3 Å². The highest BCUT2D eigenvalue weighted by Crippen LogP contribution is 2.37. The zero-order valence-electron chi connectivity index (χ0n) is 12.4. The predicted molar refractivity (Wildman–Crippen MR) is 86.7 cm³/mol. The van der Waals surface area contributed by atoms with E-state index in [2.05, 4.69) is 72.2 Å². The molecule has 1 aromatic carbocycles. The molecule has 2 rings (SSSR count). The highest BCUT2D eigenvalue weighted by Gasteiger charge is 2.31. The van der Waals surface area contributed by atoms with E-state index in [1.54, 1.807) is 0 Å². The molecule has 3 heteroatoms. The van der Waals surface area contributed by atoms with Crippen molar-refractivity contribution in [3.05, 3.63) is 28.2 Å². The van der Waals surface area contributed by atoms with Gasteiger partial charge in [-0.05, 0) is 49.4 Å². The Balaban J connectivity index is 2.17. The van der Waals surface area contributed by atoms with E-state index in [4.69, 9.17) is 0 Å². The first kappa shape index (κ1) is 14.9. The van der Waals surface area contributed by atoms with Gasteiger partial charge < -0.3 is 10.2 Å². The molecule has 0 aromatic heterocycles. The van der Waals surface area contributed by atoms with Gasteiger partial charge in [-0.15, -0.1) is 0 Å². The zero-order valence-corrected chi connectivity index (χ0v) is 14.0. The van der Waals surface area contributed by atoms with Gasteiger partial charge in [-0.2, -0.15) is 0 Å². The number of nitrogens with one attached hydrogen (secondary N) is 1. The summed E-state index contributed by atoms with van der Waals surface area (Å²) in [5, 5.41) is 3.52. The lowest BCUT2D eigenvalue weighted by molar-refractivity contribution is 0.579. The maximum Gasteiger partial charge on any atom is 0.0412 e. The number of nitrogens with zero attached hydrogens (tertiary/aromatic N) is 1. The van der Waals surface area contributed by atoms with Gasteiger partial charge in [-0.1, -0.05) is 29.8 Å². The third kappa shape index (κ3) is 3.96. The fraction of sp³-hybridized carbons (Fsp3) is 0.625. The van der Waals surface area contributed by atoms with Crippen molar-refractivity contribution in [2.75, 3.05) is 11.9 Å². The second-order valence-corrected chi connectivity index (χ2v) is 6.91. The molecule has 1 aliphatic carbocycles. The van der Waals surface area contributed by atoms with Crippen molar-refractivity contribution in [2.24, 2.45) is 5.92 Å². The summed E-state index contributed by atoms with van der Waals surface area (Å²) in [6, 6.07) is 7.77. The van der Waals surface area contributed by atoms with Crippen molar-refractivity contribution in [3.63, 3.8) is 0 Å². The van der Waals surface area contributed by atoms with Crippen LogP contribution in [0.25, 0.3) is 0 Å². The molecule has 2 nitrogen and oxygen atoms in total. The second kappa shape index (κ2) is 6.27. The smallest absolute Gasteiger partial charge is 0.0412 e. The Kier molecular flexibility index (Phi) is 4.91. The van der Waals surface area contributed by atoms with Crippen molar-refractivity contribution in [1.82, 2.24) is 5.32 Å². The first-order valence-corrected chi connectivity index (χ1v) is 8.03. The number of hydrogen-bond donors (Lipinski definition) is 1. The quantitative estimate of drug-likeness (QED) is 0.844. The van der Waals surface area contributed by atoms with Crippen molar-refractivity contribution < 1.29 is 0 Å². The molecule has 0 bridgehead atoms. The molecule has 19 heavy (non-hydrogen) atoms. The van der Waals surface area contributed by atoms with Gasteiger partial charge in [0.15, 0.2) is 0 Å². The Morgan fingerprint density at radius 1 is 1.32 bits per heavy atom. The molecule has 1 fully saturated rings. The number of hydrogen-bond acceptors (Lipinski definition) is 2. The first-order chi connectivity index (χ1) is 8.99. The number of anilines is 1. The van der Waals surface area contributed by atoms with E-state index < -0.39 is 0 Å². The number of rotatable bonds is 6. The van der Waals surface area contributed by atoms with Gasteiger partial charge in [0.1, 0.15) is 0 Å². The average Bonchev–Trinajstić information content (AvgIpc) is 3.19. The minimum absolute atomic E-state index is 0.512. The van der Waals surface area contributed by atoms with Gasteiger partial charge in [0.25, 0.3) is 0 Å². The maximum absolute atomic E-state index is 3.58. The minimum atomic E-state index is 0.512. The van der Waals surface area contributed by atoms with Gasteiger partial charge in [0.05, 0.1) is 0 Å². The van der Waals surface area contributed by atoms with Crippen LogP contribution in [0.1, 0.15) is 39.2 Å². The molecule has 0 heterocycles. The van der Waals surface area contributed by atoms with E-state index in [0.717, 1.165) is 16.9 Å². The molecule has 1 aliphatic rings. The summed E-state index contributed by atoms with van der Waals surface area (Å²) in [6.07, 6.45) is 2.78. The van der Waals surface area contributed by atoms with Crippen molar-refractivity contribution >= 4 is 21.6 Å². The summed E-state index contributed by atoms with van der Waals surface area (Å²) < 4.78 is 1.16. The fourth-order valence-corrected chi connectivity index (χ4v) is 2.88. The average molecular weight is 325 g/mol. The maximum atomic E-state index is 3.58. The van der Waals surface area contributed by atoms with E-state index in [1.807, 2.05) is 0 Å².